The number of halogens is 7. The Morgan fingerprint density at radius 2 is 1.61 bits per heavy atom. The van der Waals surface area contributed by atoms with Crippen molar-refractivity contribution in [1.82, 2.24) is 0 Å². The third kappa shape index (κ3) is 3.49. The number of hydrogen-bond acceptors (Lipinski definition) is 2. The molecule has 0 bridgehead atoms. The van der Waals surface area contributed by atoms with Gasteiger partial charge in [-0.15, -0.1) is 0 Å². The van der Waals surface area contributed by atoms with E-state index in [4.69, 9.17) is 0 Å². The fraction of sp³-hybridized carbons (Fsp3) is 0.889. The highest BCUT2D eigenvalue weighted by atomic mass is 19.4. The van der Waals surface area contributed by atoms with Crippen LogP contribution >= 0.6 is 0 Å². The second-order valence-electron chi connectivity index (χ2n) is 3.77. The SMILES string of the molecule is CCC(C)(C(=O)OC(CF)C(F)(F)F)C(F)(F)F. The number of hydrogen-bond donors (Lipinski definition) is 0. The maximum Gasteiger partial charge on any atom is 0.428 e. The summed E-state index contributed by atoms with van der Waals surface area (Å²) in [5.74, 6) is -2.14. The quantitative estimate of drug-likeness (QED) is 0.584. The summed E-state index contributed by atoms with van der Waals surface area (Å²) >= 11 is 0. The zero-order valence-corrected chi connectivity index (χ0v) is 9.45. The van der Waals surface area contributed by atoms with Gasteiger partial charge in [0.1, 0.15) is 6.67 Å². The predicted octanol–water partition coefficient (Wildman–Crippen LogP) is 3.41. The average molecular weight is 284 g/mol. The second kappa shape index (κ2) is 5.31. The molecule has 0 amide bonds. The van der Waals surface area contributed by atoms with E-state index >= 15 is 0 Å². The highest BCUT2D eigenvalue weighted by molar-refractivity contribution is 5.77. The lowest BCUT2D eigenvalue weighted by Gasteiger charge is -2.30. The van der Waals surface area contributed by atoms with Crippen LogP contribution in [0.5, 0.6) is 0 Å². The van der Waals surface area contributed by atoms with Gasteiger partial charge in [-0.3, -0.25) is 4.79 Å². The molecule has 108 valence electrons. The van der Waals surface area contributed by atoms with Crippen LogP contribution in [0.4, 0.5) is 30.7 Å². The van der Waals surface area contributed by atoms with Crippen molar-refractivity contribution in [2.75, 3.05) is 6.67 Å². The number of esters is 1. The van der Waals surface area contributed by atoms with Crippen molar-refractivity contribution in [3.05, 3.63) is 0 Å². The zero-order valence-electron chi connectivity index (χ0n) is 9.45. The van der Waals surface area contributed by atoms with Gasteiger partial charge in [0.25, 0.3) is 0 Å². The van der Waals surface area contributed by atoms with Crippen molar-refractivity contribution < 1.29 is 40.3 Å². The molecule has 9 heteroatoms. The Morgan fingerprint density at radius 3 is 1.83 bits per heavy atom. The molecule has 2 atom stereocenters. The normalized spacial score (nSPS) is 18.1. The van der Waals surface area contributed by atoms with Gasteiger partial charge in [0, 0.05) is 0 Å². The van der Waals surface area contributed by atoms with E-state index in [0.717, 1.165) is 6.92 Å². The lowest BCUT2D eigenvalue weighted by atomic mass is 9.87. The van der Waals surface area contributed by atoms with Gasteiger partial charge < -0.3 is 4.74 Å². The Morgan fingerprint density at radius 1 is 1.17 bits per heavy atom. The van der Waals surface area contributed by atoms with Crippen LogP contribution in [-0.4, -0.2) is 31.1 Å². The maximum atomic E-state index is 12.5. The lowest BCUT2D eigenvalue weighted by molar-refractivity contribution is -0.256. The number of carbonyl (C=O) groups is 1. The molecule has 0 heterocycles. The number of carbonyl (C=O) groups excluding carboxylic acids is 1. The first-order valence-electron chi connectivity index (χ1n) is 4.80. The van der Waals surface area contributed by atoms with Gasteiger partial charge in [0.05, 0.1) is 0 Å². The summed E-state index contributed by atoms with van der Waals surface area (Å²) in [6.45, 7) is -0.763. The third-order valence-electron chi connectivity index (χ3n) is 2.54. The van der Waals surface area contributed by atoms with Crippen molar-refractivity contribution in [3.63, 3.8) is 0 Å². The van der Waals surface area contributed by atoms with E-state index in [9.17, 15) is 35.5 Å². The van der Waals surface area contributed by atoms with Crippen molar-refractivity contribution in [1.29, 1.82) is 0 Å². The van der Waals surface area contributed by atoms with E-state index in [1.54, 1.807) is 0 Å². The zero-order chi connectivity index (χ0) is 14.8. The van der Waals surface area contributed by atoms with Gasteiger partial charge in [0.15, 0.2) is 5.41 Å². The van der Waals surface area contributed by atoms with E-state index in [2.05, 4.69) is 4.74 Å². The Kier molecular flexibility index (Phi) is 5.01. The molecule has 0 aromatic rings. The van der Waals surface area contributed by atoms with Crippen molar-refractivity contribution in [3.8, 4) is 0 Å². The van der Waals surface area contributed by atoms with Crippen molar-refractivity contribution in [2.24, 2.45) is 5.41 Å². The first kappa shape index (κ1) is 17.0. The van der Waals surface area contributed by atoms with Crippen LogP contribution in [0.2, 0.25) is 0 Å². The standard InChI is InChI=1S/C9H11F7O2/c1-3-7(2,9(14,15)16)6(17)18-5(4-10)8(11,12)13/h5H,3-4H2,1-2H3. The summed E-state index contributed by atoms with van der Waals surface area (Å²) in [6, 6.07) is 0. The van der Waals surface area contributed by atoms with Crippen LogP contribution in [0.1, 0.15) is 20.3 Å². The molecule has 0 aliphatic rings. The molecule has 0 aliphatic heterocycles. The molecule has 0 N–H and O–H groups in total. The minimum Gasteiger partial charge on any atom is -0.449 e. The van der Waals surface area contributed by atoms with Crippen LogP contribution in [0.15, 0.2) is 0 Å². The molecule has 0 saturated heterocycles. The van der Waals surface area contributed by atoms with Gasteiger partial charge in [-0.05, 0) is 13.3 Å². The minimum atomic E-state index is -5.25. The van der Waals surface area contributed by atoms with Crippen LogP contribution in [-0.2, 0) is 9.53 Å². The first-order chi connectivity index (χ1) is 7.90. The Hall–Kier alpha value is -1.02. The molecule has 0 spiro atoms. The fourth-order valence-corrected chi connectivity index (χ4v) is 0.906. The van der Waals surface area contributed by atoms with E-state index in [1.807, 2.05) is 0 Å². The molecule has 0 fully saturated rings. The van der Waals surface area contributed by atoms with E-state index in [0.29, 0.717) is 6.92 Å². The molecule has 0 radical (unpaired) electrons. The molecule has 2 unspecified atom stereocenters. The van der Waals surface area contributed by atoms with E-state index in [1.165, 1.54) is 0 Å². The summed E-state index contributed by atoms with van der Waals surface area (Å²) < 4.78 is 89.4. The summed E-state index contributed by atoms with van der Waals surface area (Å²) in [5, 5.41) is 0. The molecule has 0 saturated carbocycles. The smallest absolute Gasteiger partial charge is 0.428 e. The van der Waals surface area contributed by atoms with Gasteiger partial charge in [-0.2, -0.15) is 26.3 Å². The Bertz CT molecular complexity index is 296. The van der Waals surface area contributed by atoms with Crippen molar-refractivity contribution >= 4 is 5.97 Å². The largest absolute Gasteiger partial charge is 0.449 e. The van der Waals surface area contributed by atoms with Gasteiger partial charge >= 0.3 is 18.3 Å². The monoisotopic (exact) mass is 284 g/mol. The van der Waals surface area contributed by atoms with E-state index < -0.39 is 42.9 Å². The Labute approximate surface area is 98.1 Å². The summed E-state index contributed by atoms with van der Waals surface area (Å²) in [7, 11) is 0. The highest BCUT2D eigenvalue weighted by Crippen LogP contribution is 2.42. The molecule has 0 rings (SSSR count). The number of rotatable bonds is 4. The lowest BCUT2D eigenvalue weighted by Crippen LogP contribution is -2.47. The van der Waals surface area contributed by atoms with Crippen LogP contribution in [0.3, 0.4) is 0 Å². The molecule has 18 heavy (non-hydrogen) atoms. The van der Waals surface area contributed by atoms with E-state index in [-0.39, 0.29) is 0 Å². The number of alkyl halides is 7. The second-order valence-corrected chi connectivity index (χ2v) is 3.77. The average Bonchev–Trinajstić information content (AvgIpc) is 2.20. The maximum absolute atomic E-state index is 12.5. The van der Waals surface area contributed by atoms with Gasteiger partial charge in [-0.1, -0.05) is 6.92 Å². The first-order valence-corrected chi connectivity index (χ1v) is 4.80. The highest BCUT2D eigenvalue weighted by Gasteiger charge is 2.58. The molecule has 0 aromatic heterocycles. The number of ether oxygens (including phenoxy) is 1. The molecule has 2 nitrogen and oxygen atoms in total. The molecule has 0 aliphatic carbocycles. The van der Waals surface area contributed by atoms with Crippen molar-refractivity contribution in [2.45, 2.75) is 38.7 Å². The third-order valence-corrected chi connectivity index (χ3v) is 2.54. The van der Waals surface area contributed by atoms with Crippen LogP contribution in [0.25, 0.3) is 0 Å². The fourth-order valence-electron chi connectivity index (χ4n) is 0.906. The van der Waals surface area contributed by atoms with Crippen LogP contribution < -0.4 is 0 Å². The Balaban J connectivity index is 5.06. The topological polar surface area (TPSA) is 26.3 Å². The van der Waals surface area contributed by atoms with Gasteiger partial charge in [-0.25, -0.2) is 4.39 Å². The molecule has 0 aromatic carbocycles. The molecular formula is C9H11F7O2. The minimum absolute atomic E-state index is 0.404. The summed E-state index contributed by atoms with van der Waals surface area (Å²) in [4.78, 5) is 11.1. The van der Waals surface area contributed by atoms with Crippen LogP contribution in [0, 0.1) is 5.41 Å². The predicted molar refractivity (Wildman–Crippen MR) is 46.4 cm³/mol. The summed E-state index contributed by atoms with van der Waals surface area (Å²) in [5.41, 5.74) is -3.09. The summed E-state index contributed by atoms with van der Waals surface area (Å²) in [6.07, 6.45) is -14.3. The van der Waals surface area contributed by atoms with Gasteiger partial charge in [0.2, 0.25) is 6.10 Å². The molecular weight excluding hydrogens is 273 g/mol.